The third kappa shape index (κ3) is 3.25. The molecular formula is C14H28N4. The molecule has 0 aliphatic heterocycles. The van der Waals surface area contributed by atoms with Crippen LogP contribution >= 0.6 is 0 Å². The van der Waals surface area contributed by atoms with Gasteiger partial charge in [0, 0.05) is 25.2 Å². The fourth-order valence-corrected chi connectivity index (χ4v) is 2.42. The smallest absolute Gasteiger partial charge is 0.130 e. The minimum Gasteiger partial charge on any atom is -0.354 e. The Bertz CT molecular complexity index is 379. The summed E-state index contributed by atoms with van der Waals surface area (Å²) in [6.45, 7) is 12.8. The fourth-order valence-electron chi connectivity index (χ4n) is 2.42. The Balaban J connectivity index is 3.17. The van der Waals surface area contributed by atoms with E-state index in [1.807, 2.05) is 11.7 Å². The number of rotatable bonds is 6. The van der Waals surface area contributed by atoms with Gasteiger partial charge in [-0.15, -0.1) is 0 Å². The third-order valence-electron chi connectivity index (χ3n) is 3.16. The van der Waals surface area contributed by atoms with Crippen LogP contribution in [0.4, 0.5) is 5.82 Å². The first kappa shape index (κ1) is 15.0. The second-order valence-electron chi connectivity index (χ2n) is 5.69. The van der Waals surface area contributed by atoms with Crippen LogP contribution in [0, 0.1) is 12.8 Å². The molecule has 0 fully saturated rings. The largest absolute Gasteiger partial charge is 0.354 e. The van der Waals surface area contributed by atoms with Gasteiger partial charge in [-0.05, 0) is 39.7 Å². The van der Waals surface area contributed by atoms with Crippen molar-refractivity contribution in [3.63, 3.8) is 0 Å². The van der Waals surface area contributed by atoms with Crippen molar-refractivity contribution in [2.75, 3.05) is 18.0 Å². The predicted molar refractivity (Wildman–Crippen MR) is 78.0 cm³/mol. The van der Waals surface area contributed by atoms with Crippen LogP contribution in [0.15, 0.2) is 0 Å². The Morgan fingerprint density at radius 3 is 2.33 bits per heavy atom. The zero-order valence-electron chi connectivity index (χ0n) is 12.7. The molecule has 0 aromatic carbocycles. The van der Waals surface area contributed by atoms with Crippen LogP contribution in [0.5, 0.6) is 0 Å². The molecule has 0 amide bonds. The van der Waals surface area contributed by atoms with Gasteiger partial charge in [0.15, 0.2) is 0 Å². The van der Waals surface area contributed by atoms with Crippen molar-refractivity contribution >= 4 is 5.82 Å². The molecule has 1 aromatic heterocycles. The molecule has 1 rings (SSSR count). The lowest BCUT2D eigenvalue weighted by molar-refractivity contribution is 0.551. The molecule has 1 heterocycles. The Hall–Kier alpha value is -1.03. The molecule has 2 N–H and O–H groups in total. The summed E-state index contributed by atoms with van der Waals surface area (Å²) < 4.78 is 2.00. The zero-order chi connectivity index (χ0) is 13.9. The Labute approximate surface area is 111 Å². The fraction of sp³-hybridized carbons (Fsp3) is 0.786. The maximum atomic E-state index is 5.73. The van der Waals surface area contributed by atoms with Gasteiger partial charge in [-0.3, -0.25) is 4.68 Å². The highest BCUT2D eigenvalue weighted by molar-refractivity contribution is 5.51. The lowest BCUT2D eigenvalue weighted by Crippen LogP contribution is -2.36. The first-order chi connectivity index (χ1) is 8.38. The monoisotopic (exact) mass is 252 g/mol. The summed E-state index contributed by atoms with van der Waals surface area (Å²) in [5, 5.41) is 4.56. The first-order valence-electron chi connectivity index (χ1n) is 6.87. The second-order valence-corrected chi connectivity index (χ2v) is 5.69. The molecule has 0 radical (unpaired) electrons. The molecule has 0 aliphatic carbocycles. The van der Waals surface area contributed by atoms with E-state index in [0.29, 0.717) is 18.5 Å². The normalized spacial score (nSPS) is 11.6. The number of nitrogens with zero attached hydrogens (tertiary/aromatic N) is 3. The van der Waals surface area contributed by atoms with Gasteiger partial charge in [0.05, 0.1) is 5.69 Å². The van der Waals surface area contributed by atoms with E-state index in [-0.39, 0.29) is 0 Å². The first-order valence-corrected chi connectivity index (χ1v) is 6.87. The van der Waals surface area contributed by atoms with Crippen LogP contribution in [-0.4, -0.2) is 28.9 Å². The second kappa shape index (κ2) is 6.23. The standard InChI is InChI=1S/C14H28N4/c1-10(2)9-18(11(3)4)14-13(7-8-15)12(5)16-17(14)6/h10-11H,7-9,15H2,1-6H3. The van der Waals surface area contributed by atoms with E-state index in [9.17, 15) is 0 Å². The summed E-state index contributed by atoms with van der Waals surface area (Å²) in [5.74, 6) is 1.87. The van der Waals surface area contributed by atoms with Crippen molar-refractivity contribution in [2.24, 2.45) is 18.7 Å². The lowest BCUT2D eigenvalue weighted by atomic mass is 10.1. The summed E-state index contributed by atoms with van der Waals surface area (Å²) in [6, 6.07) is 0.471. The summed E-state index contributed by atoms with van der Waals surface area (Å²) in [7, 11) is 2.03. The summed E-state index contributed by atoms with van der Waals surface area (Å²) in [6.07, 6.45) is 0.899. The minimum atomic E-state index is 0.471. The summed E-state index contributed by atoms with van der Waals surface area (Å²) in [4.78, 5) is 2.44. The van der Waals surface area contributed by atoms with E-state index < -0.39 is 0 Å². The van der Waals surface area contributed by atoms with Crippen LogP contribution in [0.3, 0.4) is 0 Å². The molecule has 0 saturated heterocycles. The maximum Gasteiger partial charge on any atom is 0.130 e. The molecule has 1 aromatic rings. The molecule has 0 aliphatic rings. The van der Waals surface area contributed by atoms with Gasteiger partial charge in [0.2, 0.25) is 0 Å². The molecule has 18 heavy (non-hydrogen) atoms. The van der Waals surface area contributed by atoms with Crippen molar-refractivity contribution in [3.05, 3.63) is 11.3 Å². The van der Waals surface area contributed by atoms with E-state index in [0.717, 1.165) is 18.7 Å². The molecule has 0 unspecified atom stereocenters. The number of anilines is 1. The highest BCUT2D eigenvalue weighted by Gasteiger charge is 2.21. The minimum absolute atomic E-state index is 0.471. The molecule has 0 saturated carbocycles. The van der Waals surface area contributed by atoms with Gasteiger partial charge in [-0.2, -0.15) is 5.10 Å². The number of aromatic nitrogens is 2. The molecule has 4 heteroatoms. The van der Waals surface area contributed by atoms with Gasteiger partial charge in [0.1, 0.15) is 5.82 Å². The van der Waals surface area contributed by atoms with Crippen molar-refractivity contribution in [2.45, 2.75) is 47.1 Å². The Morgan fingerprint density at radius 1 is 1.28 bits per heavy atom. The van der Waals surface area contributed by atoms with E-state index in [2.05, 4.69) is 44.6 Å². The Kier molecular flexibility index (Phi) is 5.20. The molecule has 104 valence electrons. The van der Waals surface area contributed by atoms with E-state index in [4.69, 9.17) is 5.73 Å². The lowest BCUT2D eigenvalue weighted by Gasteiger charge is -2.31. The third-order valence-corrected chi connectivity index (χ3v) is 3.16. The van der Waals surface area contributed by atoms with E-state index >= 15 is 0 Å². The molecule has 0 atom stereocenters. The van der Waals surface area contributed by atoms with Gasteiger partial charge in [-0.1, -0.05) is 13.8 Å². The predicted octanol–water partition coefficient (Wildman–Crippen LogP) is 2.10. The topological polar surface area (TPSA) is 47.1 Å². The summed E-state index contributed by atoms with van der Waals surface area (Å²) >= 11 is 0. The van der Waals surface area contributed by atoms with Crippen LogP contribution < -0.4 is 10.6 Å². The summed E-state index contributed by atoms with van der Waals surface area (Å²) in [5.41, 5.74) is 8.13. The van der Waals surface area contributed by atoms with Gasteiger partial charge in [0.25, 0.3) is 0 Å². The zero-order valence-corrected chi connectivity index (χ0v) is 12.7. The number of aryl methyl sites for hydroxylation is 2. The number of nitrogens with two attached hydrogens (primary N) is 1. The van der Waals surface area contributed by atoms with Gasteiger partial charge >= 0.3 is 0 Å². The Morgan fingerprint density at radius 2 is 1.89 bits per heavy atom. The van der Waals surface area contributed by atoms with Crippen LogP contribution in [0.1, 0.15) is 39.0 Å². The van der Waals surface area contributed by atoms with Crippen molar-refractivity contribution < 1.29 is 0 Å². The molecule has 4 nitrogen and oxygen atoms in total. The molecular weight excluding hydrogens is 224 g/mol. The van der Waals surface area contributed by atoms with E-state index in [1.165, 1.54) is 11.4 Å². The van der Waals surface area contributed by atoms with Gasteiger partial charge in [-0.25, -0.2) is 0 Å². The van der Waals surface area contributed by atoms with Crippen LogP contribution in [-0.2, 0) is 13.5 Å². The van der Waals surface area contributed by atoms with Crippen molar-refractivity contribution in [3.8, 4) is 0 Å². The van der Waals surface area contributed by atoms with Crippen molar-refractivity contribution in [1.82, 2.24) is 9.78 Å². The average molecular weight is 252 g/mol. The maximum absolute atomic E-state index is 5.73. The van der Waals surface area contributed by atoms with E-state index in [1.54, 1.807) is 0 Å². The number of hydrogen-bond donors (Lipinski definition) is 1. The molecule has 0 spiro atoms. The highest BCUT2D eigenvalue weighted by atomic mass is 15.4. The number of hydrogen-bond acceptors (Lipinski definition) is 3. The molecule has 0 bridgehead atoms. The van der Waals surface area contributed by atoms with Gasteiger partial charge < -0.3 is 10.6 Å². The van der Waals surface area contributed by atoms with Crippen molar-refractivity contribution in [1.29, 1.82) is 0 Å². The quantitative estimate of drug-likeness (QED) is 0.843. The highest BCUT2D eigenvalue weighted by Crippen LogP contribution is 2.26. The average Bonchev–Trinajstić information content (AvgIpc) is 2.51. The van der Waals surface area contributed by atoms with Crippen LogP contribution in [0.25, 0.3) is 0 Å². The van der Waals surface area contributed by atoms with Crippen LogP contribution in [0.2, 0.25) is 0 Å². The SMILES string of the molecule is Cc1nn(C)c(N(CC(C)C)C(C)C)c1CCN.